The number of hydrogen-bond acceptors (Lipinski definition) is 3. The number of rotatable bonds is 12. The Labute approximate surface area is 149 Å². The number of carbonyl (C=O) groups excluding carboxylic acids is 1. The molecule has 2 rings (SSSR count). The Kier molecular flexibility index (Phi) is 7.58. The van der Waals surface area contributed by atoms with Crippen molar-refractivity contribution >= 4 is 18.0 Å². The van der Waals surface area contributed by atoms with Crippen LogP contribution in [0.2, 0.25) is 0 Å². The van der Waals surface area contributed by atoms with Crippen molar-refractivity contribution in [2.45, 2.75) is 63.3 Å². The molecule has 134 valence electrons. The summed E-state index contributed by atoms with van der Waals surface area (Å²) in [4.78, 5) is 27.7. The Bertz CT molecular complexity index is 607. The number of aliphatic carboxylic acids is 1. The fourth-order valence-electron chi connectivity index (χ4n) is 3.16. The predicted molar refractivity (Wildman–Crippen MR) is 100 cm³/mol. The Balaban J connectivity index is 1.74. The maximum absolute atomic E-state index is 12.7. The average molecular weight is 341 g/mol. The molecule has 0 amide bonds. The highest BCUT2D eigenvalue weighted by molar-refractivity contribution is 5.95. The number of benzene rings is 1. The van der Waals surface area contributed by atoms with E-state index in [1.165, 1.54) is 5.56 Å². The van der Waals surface area contributed by atoms with Gasteiger partial charge in [0, 0.05) is 19.1 Å². The summed E-state index contributed by atoms with van der Waals surface area (Å²) in [5, 5.41) is 8.61. The molecular weight excluding hydrogens is 314 g/mol. The molecule has 1 aliphatic rings. The first-order chi connectivity index (χ1) is 12.1. The minimum atomic E-state index is -0.735. The highest BCUT2D eigenvalue weighted by Gasteiger charge is 2.35. The number of unbranched alkanes of at least 4 members (excludes halogenated alkanes) is 4. The van der Waals surface area contributed by atoms with Crippen molar-refractivity contribution in [2.24, 2.45) is 4.99 Å². The SMILES string of the molecule is O=C(O)CCCCCCCC(=O)C1(CCc2ccccc2)C=CC=N1. The number of ketones is 1. The summed E-state index contributed by atoms with van der Waals surface area (Å²) in [7, 11) is 0. The molecule has 1 N–H and O–H groups in total. The van der Waals surface area contributed by atoms with Crippen molar-refractivity contribution in [3.8, 4) is 0 Å². The molecule has 0 spiro atoms. The molecule has 25 heavy (non-hydrogen) atoms. The molecule has 0 aliphatic carbocycles. The van der Waals surface area contributed by atoms with Gasteiger partial charge in [-0.25, -0.2) is 0 Å². The zero-order chi connectivity index (χ0) is 18.0. The lowest BCUT2D eigenvalue weighted by Gasteiger charge is -2.23. The van der Waals surface area contributed by atoms with Gasteiger partial charge in [-0.05, 0) is 43.4 Å². The van der Waals surface area contributed by atoms with Crippen LogP contribution >= 0.6 is 0 Å². The summed E-state index contributed by atoms with van der Waals surface area (Å²) >= 11 is 0. The lowest BCUT2D eigenvalue weighted by atomic mass is 9.85. The van der Waals surface area contributed by atoms with Crippen LogP contribution in [0.25, 0.3) is 0 Å². The molecule has 1 heterocycles. The van der Waals surface area contributed by atoms with Crippen LogP contribution < -0.4 is 0 Å². The van der Waals surface area contributed by atoms with Gasteiger partial charge in [-0.15, -0.1) is 0 Å². The first-order valence-corrected chi connectivity index (χ1v) is 9.14. The summed E-state index contributed by atoms with van der Waals surface area (Å²) in [6.07, 6.45) is 12.3. The molecule has 0 radical (unpaired) electrons. The molecule has 1 aromatic rings. The van der Waals surface area contributed by atoms with Gasteiger partial charge in [0.2, 0.25) is 0 Å². The van der Waals surface area contributed by atoms with Gasteiger partial charge in [0.1, 0.15) is 5.54 Å². The summed E-state index contributed by atoms with van der Waals surface area (Å²) in [6.45, 7) is 0. The van der Waals surface area contributed by atoms with E-state index in [9.17, 15) is 9.59 Å². The molecule has 1 aromatic carbocycles. The summed E-state index contributed by atoms with van der Waals surface area (Å²) < 4.78 is 0. The Morgan fingerprint density at radius 2 is 1.64 bits per heavy atom. The number of Topliss-reactive ketones (excluding diaryl/α,β-unsaturated/α-hetero) is 1. The van der Waals surface area contributed by atoms with Crippen LogP contribution in [0, 0.1) is 0 Å². The third-order valence-electron chi connectivity index (χ3n) is 4.68. The monoisotopic (exact) mass is 341 g/mol. The standard InChI is InChI=1S/C21H27NO3/c23-19(12-7-2-1-3-8-13-20(24)25)21(15-9-17-22-21)16-14-18-10-5-4-6-11-18/h4-6,9-11,15,17H,1-3,7-8,12-14,16H2,(H,24,25). The van der Waals surface area contributed by atoms with E-state index in [-0.39, 0.29) is 12.2 Å². The second kappa shape index (κ2) is 9.92. The molecule has 1 unspecified atom stereocenters. The van der Waals surface area contributed by atoms with E-state index < -0.39 is 11.5 Å². The molecular formula is C21H27NO3. The maximum Gasteiger partial charge on any atom is 0.303 e. The molecule has 0 saturated heterocycles. The minimum absolute atomic E-state index is 0.193. The van der Waals surface area contributed by atoms with E-state index in [0.29, 0.717) is 12.8 Å². The largest absolute Gasteiger partial charge is 0.481 e. The second-order valence-electron chi connectivity index (χ2n) is 6.63. The third kappa shape index (κ3) is 6.29. The van der Waals surface area contributed by atoms with Gasteiger partial charge in [-0.1, -0.05) is 49.6 Å². The Hall–Kier alpha value is -2.23. The number of carboxylic acid groups (broad SMARTS) is 1. The lowest BCUT2D eigenvalue weighted by Crippen LogP contribution is -2.33. The normalized spacial score (nSPS) is 18.6. The number of allylic oxidation sites excluding steroid dienone is 1. The molecule has 1 aliphatic heterocycles. The van der Waals surface area contributed by atoms with Gasteiger partial charge in [0.05, 0.1) is 0 Å². The number of nitrogens with zero attached hydrogens (tertiary/aromatic N) is 1. The molecule has 0 saturated carbocycles. The van der Waals surface area contributed by atoms with E-state index in [1.54, 1.807) is 6.21 Å². The molecule has 0 fully saturated rings. The number of hydrogen-bond donors (Lipinski definition) is 1. The van der Waals surface area contributed by atoms with Crippen LogP contribution in [0.15, 0.2) is 47.5 Å². The van der Waals surface area contributed by atoms with Crippen molar-refractivity contribution in [1.29, 1.82) is 0 Å². The summed E-state index contributed by atoms with van der Waals surface area (Å²) in [5.41, 5.74) is 0.544. The van der Waals surface area contributed by atoms with Crippen LogP contribution in [-0.2, 0) is 16.0 Å². The Morgan fingerprint density at radius 1 is 0.960 bits per heavy atom. The van der Waals surface area contributed by atoms with Crippen molar-refractivity contribution < 1.29 is 14.7 Å². The number of carboxylic acids is 1. The second-order valence-corrected chi connectivity index (χ2v) is 6.63. The van der Waals surface area contributed by atoms with Gasteiger partial charge in [-0.2, -0.15) is 0 Å². The lowest BCUT2D eigenvalue weighted by molar-refractivity contribution is -0.137. The first-order valence-electron chi connectivity index (χ1n) is 9.14. The van der Waals surface area contributed by atoms with E-state index >= 15 is 0 Å². The molecule has 1 atom stereocenters. The average Bonchev–Trinajstić information content (AvgIpc) is 3.10. The van der Waals surface area contributed by atoms with Crippen LogP contribution in [0.3, 0.4) is 0 Å². The highest BCUT2D eigenvalue weighted by atomic mass is 16.4. The van der Waals surface area contributed by atoms with Crippen molar-refractivity contribution in [2.75, 3.05) is 0 Å². The minimum Gasteiger partial charge on any atom is -0.481 e. The number of carbonyl (C=O) groups is 2. The zero-order valence-electron chi connectivity index (χ0n) is 14.7. The molecule has 0 bridgehead atoms. The third-order valence-corrected chi connectivity index (χ3v) is 4.68. The highest BCUT2D eigenvalue weighted by Crippen LogP contribution is 2.27. The number of aryl methyl sites for hydroxylation is 1. The first kappa shape index (κ1) is 19.1. The van der Waals surface area contributed by atoms with E-state index in [0.717, 1.165) is 38.5 Å². The summed E-state index contributed by atoms with van der Waals surface area (Å²) in [6, 6.07) is 10.2. The zero-order valence-corrected chi connectivity index (χ0v) is 14.7. The van der Waals surface area contributed by atoms with Gasteiger partial charge in [-0.3, -0.25) is 14.6 Å². The van der Waals surface area contributed by atoms with Gasteiger partial charge < -0.3 is 5.11 Å². The van der Waals surface area contributed by atoms with Crippen LogP contribution in [0.5, 0.6) is 0 Å². The molecule has 0 aromatic heterocycles. The number of aliphatic imine (C=N–C) groups is 1. The van der Waals surface area contributed by atoms with E-state index in [4.69, 9.17) is 5.11 Å². The quantitative estimate of drug-likeness (QED) is 0.574. The summed E-state index contributed by atoms with van der Waals surface area (Å²) in [5.74, 6) is -0.541. The predicted octanol–water partition coefficient (Wildman–Crippen LogP) is 4.38. The molecule has 4 nitrogen and oxygen atoms in total. The van der Waals surface area contributed by atoms with E-state index in [2.05, 4.69) is 17.1 Å². The van der Waals surface area contributed by atoms with E-state index in [1.807, 2.05) is 30.4 Å². The smallest absolute Gasteiger partial charge is 0.303 e. The molecule has 4 heteroatoms. The van der Waals surface area contributed by atoms with Gasteiger partial charge in [0.25, 0.3) is 0 Å². The maximum atomic E-state index is 12.7. The van der Waals surface area contributed by atoms with Gasteiger partial charge >= 0.3 is 5.97 Å². The van der Waals surface area contributed by atoms with Crippen LogP contribution in [0.1, 0.15) is 56.9 Å². The fourth-order valence-corrected chi connectivity index (χ4v) is 3.16. The fraction of sp³-hybridized carbons (Fsp3) is 0.476. The van der Waals surface area contributed by atoms with Crippen molar-refractivity contribution in [1.82, 2.24) is 0 Å². The van der Waals surface area contributed by atoms with Crippen molar-refractivity contribution in [3.63, 3.8) is 0 Å². The van der Waals surface area contributed by atoms with Crippen LogP contribution in [0.4, 0.5) is 0 Å². The van der Waals surface area contributed by atoms with Crippen LogP contribution in [-0.4, -0.2) is 28.6 Å². The van der Waals surface area contributed by atoms with Gasteiger partial charge in [0.15, 0.2) is 5.78 Å². The van der Waals surface area contributed by atoms with Crippen molar-refractivity contribution in [3.05, 3.63) is 48.0 Å². The Morgan fingerprint density at radius 3 is 2.28 bits per heavy atom. The topological polar surface area (TPSA) is 66.7 Å².